The lowest BCUT2D eigenvalue weighted by atomic mass is 10.0. The van der Waals surface area contributed by atoms with Gasteiger partial charge in [0.2, 0.25) is 5.78 Å². The second-order valence-electron chi connectivity index (χ2n) is 5.24. The molecule has 1 aliphatic carbocycles. The highest BCUT2D eigenvalue weighted by molar-refractivity contribution is 6.00. The highest BCUT2D eigenvalue weighted by Gasteiger charge is 2.71. The van der Waals surface area contributed by atoms with Crippen molar-refractivity contribution in [2.75, 3.05) is 0 Å². The van der Waals surface area contributed by atoms with E-state index in [1.807, 2.05) is 12.1 Å². The molecule has 2 unspecified atom stereocenters. The third kappa shape index (κ3) is 2.07. The quantitative estimate of drug-likeness (QED) is 0.486. The molecule has 3 rings (SSSR count). The van der Waals surface area contributed by atoms with Crippen LogP contribution in [-0.2, 0) is 0 Å². The Bertz CT molecular complexity index is 859. The monoisotopic (exact) mass is 307 g/mol. The Hall–Kier alpha value is -3.45. The van der Waals surface area contributed by atoms with Crippen LogP contribution >= 0.6 is 0 Å². The number of Topliss-reactive ketones (excluding diaryl/α,β-unsaturated/α-hetero) is 1. The molecule has 0 radical (unpaired) electrons. The summed E-state index contributed by atoms with van der Waals surface area (Å²) >= 11 is 0. The van der Waals surface area contributed by atoms with Gasteiger partial charge in [-0.05, 0) is 17.7 Å². The molecule has 0 spiro atoms. The van der Waals surface area contributed by atoms with E-state index in [0.29, 0.717) is 5.56 Å². The summed E-state index contributed by atoms with van der Waals surface area (Å²) in [7, 11) is 0. The van der Waals surface area contributed by atoms with Crippen LogP contribution in [0.2, 0.25) is 0 Å². The minimum Gasteiger partial charge on any atom is -0.461 e. The maximum Gasteiger partial charge on any atom is 0.269 e. The molecule has 1 saturated carbocycles. The van der Waals surface area contributed by atoms with Crippen molar-refractivity contribution in [3.05, 3.63) is 64.1 Å². The third-order valence-electron chi connectivity index (χ3n) is 4.06. The van der Waals surface area contributed by atoms with Crippen LogP contribution in [0.5, 0.6) is 0 Å². The molecule has 112 valence electrons. The zero-order valence-corrected chi connectivity index (χ0v) is 11.7. The lowest BCUT2D eigenvalue weighted by molar-refractivity contribution is -0.384. The standard InChI is InChI=1S/C16H9N3O4/c17-8-16(9-18)13(10-3-1-4-11(7-10)19(21)22)14(16)15(20)12-5-2-6-23-12/h1-7,13-14H. The Labute approximate surface area is 130 Å². The summed E-state index contributed by atoms with van der Waals surface area (Å²) in [5, 5.41) is 29.7. The van der Waals surface area contributed by atoms with Gasteiger partial charge in [-0.25, -0.2) is 0 Å². The number of benzene rings is 1. The van der Waals surface area contributed by atoms with Crippen LogP contribution < -0.4 is 0 Å². The summed E-state index contributed by atoms with van der Waals surface area (Å²) in [5.74, 6) is -1.99. The summed E-state index contributed by atoms with van der Waals surface area (Å²) in [4.78, 5) is 22.8. The molecule has 1 aromatic heterocycles. The molecule has 2 aromatic rings. The average Bonchev–Trinajstić information content (AvgIpc) is 2.92. The van der Waals surface area contributed by atoms with Gasteiger partial charge in [-0.1, -0.05) is 12.1 Å². The summed E-state index contributed by atoms with van der Waals surface area (Å²) in [6.45, 7) is 0. The number of nitriles is 2. The van der Waals surface area contributed by atoms with Gasteiger partial charge in [0.1, 0.15) is 0 Å². The molecule has 7 nitrogen and oxygen atoms in total. The highest BCUT2D eigenvalue weighted by Crippen LogP contribution is 2.65. The summed E-state index contributed by atoms with van der Waals surface area (Å²) in [6.07, 6.45) is 1.33. The van der Waals surface area contributed by atoms with E-state index >= 15 is 0 Å². The fourth-order valence-electron chi connectivity index (χ4n) is 2.91. The van der Waals surface area contributed by atoms with E-state index in [0.717, 1.165) is 0 Å². The number of carbonyl (C=O) groups is 1. The predicted octanol–water partition coefficient (Wildman–Crippen LogP) is 2.82. The van der Waals surface area contributed by atoms with Crippen LogP contribution in [0.25, 0.3) is 0 Å². The van der Waals surface area contributed by atoms with Crippen LogP contribution in [-0.4, -0.2) is 10.7 Å². The largest absolute Gasteiger partial charge is 0.461 e. The predicted molar refractivity (Wildman–Crippen MR) is 76.0 cm³/mol. The second kappa shape index (κ2) is 5.08. The lowest BCUT2D eigenvalue weighted by Crippen LogP contribution is -2.07. The first-order chi connectivity index (χ1) is 11.0. The molecule has 23 heavy (non-hydrogen) atoms. The topological polar surface area (TPSA) is 121 Å². The van der Waals surface area contributed by atoms with E-state index in [1.165, 1.54) is 30.5 Å². The van der Waals surface area contributed by atoms with Crippen LogP contribution in [0.3, 0.4) is 0 Å². The van der Waals surface area contributed by atoms with Gasteiger partial charge in [-0.3, -0.25) is 14.9 Å². The van der Waals surface area contributed by atoms with Gasteiger partial charge in [0.25, 0.3) is 5.69 Å². The zero-order chi connectivity index (χ0) is 16.6. The smallest absolute Gasteiger partial charge is 0.269 e. The van der Waals surface area contributed by atoms with E-state index in [9.17, 15) is 25.4 Å². The molecular weight excluding hydrogens is 298 g/mol. The van der Waals surface area contributed by atoms with E-state index in [4.69, 9.17) is 4.42 Å². The number of ketones is 1. The third-order valence-corrected chi connectivity index (χ3v) is 4.06. The van der Waals surface area contributed by atoms with Gasteiger partial charge in [0.05, 0.1) is 29.2 Å². The SMILES string of the molecule is N#CC1(C#N)C(C(=O)c2ccco2)C1c1cccc([N+](=O)[O-])c1. The number of nitro groups is 1. The minimum atomic E-state index is -1.53. The molecule has 0 aliphatic heterocycles. The summed E-state index contributed by atoms with van der Waals surface area (Å²) < 4.78 is 5.05. The fourth-order valence-corrected chi connectivity index (χ4v) is 2.91. The molecule has 7 heteroatoms. The van der Waals surface area contributed by atoms with Crippen LogP contribution in [0.15, 0.2) is 47.1 Å². The maximum atomic E-state index is 12.5. The summed E-state index contributed by atoms with van der Waals surface area (Å²) in [6, 6.07) is 12.5. The molecule has 0 amide bonds. The van der Waals surface area contributed by atoms with E-state index in [2.05, 4.69) is 0 Å². The number of rotatable bonds is 4. The molecule has 0 N–H and O–H groups in total. The van der Waals surface area contributed by atoms with Crippen molar-refractivity contribution in [3.63, 3.8) is 0 Å². The lowest BCUT2D eigenvalue weighted by Gasteiger charge is -1.99. The second-order valence-corrected chi connectivity index (χ2v) is 5.24. The first kappa shape index (κ1) is 14.5. The molecule has 1 aromatic carbocycles. The Balaban J connectivity index is 2.03. The molecule has 1 fully saturated rings. The average molecular weight is 307 g/mol. The van der Waals surface area contributed by atoms with Crippen molar-refractivity contribution >= 4 is 11.5 Å². The van der Waals surface area contributed by atoms with Gasteiger partial charge >= 0.3 is 0 Å². The fraction of sp³-hybridized carbons (Fsp3) is 0.188. The molecule has 2 atom stereocenters. The Kier molecular flexibility index (Phi) is 3.20. The number of nitro benzene ring substituents is 1. The molecule has 0 bridgehead atoms. The number of hydrogen-bond acceptors (Lipinski definition) is 6. The van der Waals surface area contributed by atoms with Crippen molar-refractivity contribution in [2.45, 2.75) is 5.92 Å². The van der Waals surface area contributed by atoms with Gasteiger partial charge in [-0.2, -0.15) is 10.5 Å². The van der Waals surface area contributed by atoms with Crippen molar-refractivity contribution < 1.29 is 14.1 Å². The van der Waals surface area contributed by atoms with Crippen molar-refractivity contribution in [3.8, 4) is 12.1 Å². The maximum absolute atomic E-state index is 12.5. The van der Waals surface area contributed by atoms with Crippen LogP contribution in [0.1, 0.15) is 22.0 Å². The Morgan fingerprint density at radius 3 is 2.57 bits per heavy atom. The van der Waals surface area contributed by atoms with Crippen LogP contribution in [0, 0.1) is 44.1 Å². The first-order valence-electron chi connectivity index (χ1n) is 6.69. The Morgan fingerprint density at radius 1 is 1.26 bits per heavy atom. The number of nitrogens with zero attached hydrogens (tertiary/aromatic N) is 3. The van der Waals surface area contributed by atoms with E-state index in [-0.39, 0.29) is 11.4 Å². The first-order valence-corrected chi connectivity index (χ1v) is 6.69. The number of furan rings is 1. The minimum absolute atomic E-state index is 0.0674. The highest BCUT2D eigenvalue weighted by atomic mass is 16.6. The molecular formula is C16H9N3O4. The van der Waals surface area contributed by atoms with Crippen molar-refractivity contribution in [1.29, 1.82) is 10.5 Å². The van der Waals surface area contributed by atoms with Crippen molar-refractivity contribution in [1.82, 2.24) is 0 Å². The number of carbonyl (C=O) groups excluding carboxylic acids is 1. The number of hydrogen-bond donors (Lipinski definition) is 0. The van der Waals surface area contributed by atoms with Gasteiger partial charge in [-0.15, -0.1) is 0 Å². The van der Waals surface area contributed by atoms with Gasteiger partial charge < -0.3 is 4.42 Å². The van der Waals surface area contributed by atoms with Crippen molar-refractivity contribution in [2.24, 2.45) is 11.3 Å². The zero-order valence-electron chi connectivity index (χ0n) is 11.7. The molecule has 0 saturated heterocycles. The Morgan fingerprint density at radius 2 is 2.00 bits per heavy atom. The van der Waals surface area contributed by atoms with E-state index in [1.54, 1.807) is 12.1 Å². The van der Waals surface area contributed by atoms with E-state index < -0.39 is 28.0 Å². The molecule has 1 heterocycles. The van der Waals surface area contributed by atoms with Crippen LogP contribution in [0.4, 0.5) is 5.69 Å². The van der Waals surface area contributed by atoms with Gasteiger partial charge in [0, 0.05) is 18.1 Å². The molecule has 1 aliphatic rings. The summed E-state index contributed by atoms with van der Waals surface area (Å²) in [5.41, 5.74) is -1.25. The van der Waals surface area contributed by atoms with Gasteiger partial charge in [0.15, 0.2) is 11.2 Å². The number of non-ortho nitro benzene ring substituents is 1. The normalized spacial score (nSPS) is 21.0.